The topological polar surface area (TPSA) is 75.6 Å². The summed E-state index contributed by atoms with van der Waals surface area (Å²) in [4.78, 5) is 16.9. The second-order valence-corrected chi connectivity index (χ2v) is 3.88. The first kappa shape index (κ1) is 12.2. The quantitative estimate of drug-likeness (QED) is 0.849. The third-order valence-electron chi connectivity index (χ3n) is 2.38. The van der Waals surface area contributed by atoms with Crippen molar-refractivity contribution in [1.29, 1.82) is 0 Å². The molecule has 0 saturated carbocycles. The van der Waals surface area contributed by atoms with Crippen molar-refractivity contribution in [1.82, 2.24) is 19.9 Å². The average Bonchev–Trinajstić information content (AvgIpc) is 2.36. The van der Waals surface area contributed by atoms with E-state index in [0.717, 1.165) is 29.0 Å². The lowest BCUT2D eigenvalue weighted by Crippen LogP contribution is -2.06. The second-order valence-electron chi connectivity index (χ2n) is 3.88. The molecule has 0 saturated heterocycles. The van der Waals surface area contributed by atoms with Crippen molar-refractivity contribution in [3.63, 3.8) is 0 Å². The number of anilines is 2. The molecule has 2 aromatic heterocycles. The molecule has 0 unspecified atom stereocenters. The van der Waals surface area contributed by atoms with E-state index in [9.17, 15) is 0 Å². The zero-order valence-electron chi connectivity index (χ0n) is 10.7. The summed E-state index contributed by atoms with van der Waals surface area (Å²) in [5.41, 5.74) is 0.935. The predicted octanol–water partition coefficient (Wildman–Crippen LogP) is 1.54. The molecule has 0 radical (unpaired) electrons. The van der Waals surface area contributed by atoms with Gasteiger partial charge in [0.25, 0.3) is 0 Å². The molecule has 94 valence electrons. The molecule has 6 nitrogen and oxygen atoms in total. The molecule has 2 rings (SSSR count). The highest BCUT2D eigenvalue weighted by atomic mass is 15.1. The van der Waals surface area contributed by atoms with Gasteiger partial charge in [-0.3, -0.25) is 0 Å². The third kappa shape index (κ3) is 3.13. The Morgan fingerprint density at radius 3 is 2.56 bits per heavy atom. The smallest absolute Gasteiger partial charge is 0.132 e. The number of nitrogens with one attached hydrogen (secondary N) is 2. The van der Waals surface area contributed by atoms with Gasteiger partial charge in [-0.1, -0.05) is 0 Å². The van der Waals surface area contributed by atoms with Gasteiger partial charge >= 0.3 is 0 Å². The summed E-state index contributed by atoms with van der Waals surface area (Å²) in [6.45, 7) is 4.35. The minimum atomic E-state index is 0.614. The molecular formula is C12H16N6. The zero-order valence-corrected chi connectivity index (χ0v) is 10.7. The van der Waals surface area contributed by atoms with E-state index in [2.05, 4.69) is 30.6 Å². The Morgan fingerprint density at radius 1 is 1.06 bits per heavy atom. The van der Waals surface area contributed by atoms with Crippen LogP contribution in [0.25, 0.3) is 0 Å². The van der Waals surface area contributed by atoms with Gasteiger partial charge in [0.05, 0.1) is 12.2 Å². The lowest BCUT2D eigenvalue weighted by atomic mass is 10.4. The Balaban J connectivity index is 2.08. The number of hydrogen-bond donors (Lipinski definition) is 2. The van der Waals surface area contributed by atoms with Gasteiger partial charge in [-0.25, -0.2) is 19.9 Å². The van der Waals surface area contributed by atoms with Gasteiger partial charge in [-0.2, -0.15) is 0 Å². The van der Waals surface area contributed by atoms with Crippen LogP contribution in [0.5, 0.6) is 0 Å². The van der Waals surface area contributed by atoms with Crippen LogP contribution in [-0.2, 0) is 6.54 Å². The van der Waals surface area contributed by atoms with Crippen LogP contribution < -0.4 is 10.6 Å². The predicted molar refractivity (Wildman–Crippen MR) is 70.4 cm³/mol. The molecule has 0 aliphatic heterocycles. The van der Waals surface area contributed by atoms with Crippen molar-refractivity contribution >= 4 is 11.6 Å². The molecular weight excluding hydrogens is 228 g/mol. The van der Waals surface area contributed by atoms with Crippen LogP contribution >= 0.6 is 0 Å². The van der Waals surface area contributed by atoms with Crippen molar-refractivity contribution in [2.45, 2.75) is 20.4 Å². The average molecular weight is 244 g/mol. The zero-order chi connectivity index (χ0) is 13.0. The van der Waals surface area contributed by atoms with Gasteiger partial charge in [0.1, 0.15) is 23.3 Å². The summed E-state index contributed by atoms with van der Waals surface area (Å²) in [6, 6.07) is 3.74. The summed E-state index contributed by atoms with van der Waals surface area (Å²) in [5.74, 6) is 3.07. The first-order valence-electron chi connectivity index (χ1n) is 5.73. The molecule has 2 heterocycles. The van der Waals surface area contributed by atoms with Crippen molar-refractivity contribution in [2.24, 2.45) is 0 Å². The summed E-state index contributed by atoms with van der Waals surface area (Å²) in [5, 5.41) is 6.22. The first-order chi connectivity index (χ1) is 8.67. The summed E-state index contributed by atoms with van der Waals surface area (Å²) in [6.07, 6.45) is 1.75. The molecule has 0 bridgehead atoms. The van der Waals surface area contributed by atoms with E-state index in [1.165, 1.54) is 0 Å². The lowest BCUT2D eigenvalue weighted by Gasteiger charge is -2.08. The van der Waals surface area contributed by atoms with Crippen LogP contribution in [-0.4, -0.2) is 27.0 Å². The number of hydrogen-bond acceptors (Lipinski definition) is 6. The maximum Gasteiger partial charge on any atom is 0.132 e. The second kappa shape index (κ2) is 5.39. The van der Waals surface area contributed by atoms with E-state index in [1.54, 1.807) is 6.20 Å². The highest BCUT2D eigenvalue weighted by Crippen LogP contribution is 2.11. The Kier molecular flexibility index (Phi) is 3.66. The standard InChI is InChI=1S/C12H16N6/c1-8-14-5-4-10(16-8)7-15-12-6-11(13-3)17-9(2)18-12/h4-6H,7H2,1-3H3,(H2,13,15,17,18). The van der Waals surface area contributed by atoms with Crippen molar-refractivity contribution in [3.05, 3.63) is 35.7 Å². The summed E-state index contributed by atoms with van der Waals surface area (Å²) < 4.78 is 0. The molecule has 0 fully saturated rings. The molecule has 2 N–H and O–H groups in total. The minimum absolute atomic E-state index is 0.614. The highest BCUT2D eigenvalue weighted by molar-refractivity contribution is 5.47. The Hall–Kier alpha value is -2.24. The number of nitrogens with zero attached hydrogens (tertiary/aromatic N) is 4. The van der Waals surface area contributed by atoms with Gasteiger partial charge in [-0.15, -0.1) is 0 Å². The number of rotatable bonds is 4. The Bertz CT molecular complexity index is 540. The van der Waals surface area contributed by atoms with Gasteiger partial charge < -0.3 is 10.6 Å². The van der Waals surface area contributed by atoms with E-state index < -0.39 is 0 Å². The fraction of sp³-hybridized carbons (Fsp3) is 0.333. The van der Waals surface area contributed by atoms with Crippen molar-refractivity contribution in [3.8, 4) is 0 Å². The fourth-order valence-electron chi connectivity index (χ4n) is 1.57. The van der Waals surface area contributed by atoms with Crippen molar-refractivity contribution in [2.75, 3.05) is 17.7 Å². The fourth-order valence-corrected chi connectivity index (χ4v) is 1.57. The third-order valence-corrected chi connectivity index (χ3v) is 2.38. The number of aryl methyl sites for hydroxylation is 2. The lowest BCUT2D eigenvalue weighted by molar-refractivity contribution is 0.942. The van der Waals surface area contributed by atoms with Crippen LogP contribution in [0.3, 0.4) is 0 Å². The molecule has 0 aromatic carbocycles. The highest BCUT2D eigenvalue weighted by Gasteiger charge is 2.01. The van der Waals surface area contributed by atoms with E-state index in [-0.39, 0.29) is 0 Å². The molecule has 0 aliphatic carbocycles. The van der Waals surface area contributed by atoms with Gasteiger partial charge in [0.15, 0.2) is 0 Å². The van der Waals surface area contributed by atoms with Crippen molar-refractivity contribution < 1.29 is 0 Å². The van der Waals surface area contributed by atoms with Gasteiger partial charge in [-0.05, 0) is 19.9 Å². The van der Waals surface area contributed by atoms with E-state index in [4.69, 9.17) is 0 Å². The largest absolute Gasteiger partial charge is 0.373 e. The van der Waals surface area contributed by atoms with Crippen LogP contribution in [0.4, 0.5) is 11.6 Å². The molecule has 6 heteroatoms. The summed E-state index contributed by atoms with van der Waals surface area (Å²) >= 11 is 0. The van der Waals surface area contributed by atoms with E-state index in [1.807, 2.05) is 33.0 Å². The molecule has 2 aromatic rings. The Labute approximate surface area is 106 Å². The molecule has 0 amide bonds. The van der Waals surface area contributed by atoms with Crippen LogP contribution in [0, 0.1) is 13.8 Å². The maximum absolute atomic E-state index is 4.32. The maximum atomic E-state index is 4.32. The molecule has 18 heavy (non-hydrogen) atoms. The normalized spacial score (nSPS) is 10.2. The van der Waals surface area contributed by atoms with Crippen LogP contribution in [0.2, 0.25) is 0 Å². The Morgan fingerprint density at radius 2 is 1.83 bits per heavy atom. The minimum Gasteiger partial charge on any atom is -0.373 e. The van der Waals surface area contributed by atoms with Crippen LogP contribution in [0.15, 0.2) is 18.3 Å². The molecule has 0 aliphatic rings. The molecule has 0 spiro atoms. The van der Waals surface area contributed by atoms with E-state index in [0.29, 0.717) is 6.54 Å². The SMILES string of the molecule is CNc1cc(NCc2ccnc(C)n2)nc(C)n1. The van der Waals surface area contributed by atoms with Crippen LogP contribution in [0.1, 0.15) is 17.3 Å². The van der Waals surface area contributed by atoms with Gasteiger partial charge in [0, 0.05) is 19.3 Å². The van der Waals surface area contributed by atoms with Gasteiger partial charge in [0.2, 0.25) is 0 Å². The summed E-state index contributed by atoms with van der Waals surface area (Å²) in [7, 11) is 1.83. The number of aromatic nitrogens is 4. The van der Waals surface area contributed by atoms with E-state index >= 15 is 0 Å². The molecule has 0 atom stereocenters. The first-order valence-corrected chi connectivity index (χ1v) is 5.73. The monoisotopic (exact) mass is 244 g/mol.